The number of rotatable bonds is 10. The molecule has 0 aliphatic carbocycles. The number of carbonyl (C=O) groups excluding carboxylic acids is 2. The molecule has 4 rings (SSSR count). The van der Waals surface area contributed by atoms with Gasteiger partial charge in [-0.05, 0) is 62.1 Å². The van der Waals surface area contributed by atoms with Gasteiger partial charge in [0.2, 0.25) is 0 Å². The molecule has 2 heterocycles. The van der Waals surface area contributed by atoms with Crippen molar-refractivity contribution >= 4 is 40.9 Å². The molecule has 0 radical (unpaired) electrons. The lowest BCUT2D eigenvalue weighted by atomic mass is 9.89. The number of halogens is 4. The van der Waals surface area contributed by atoms with E-state index in [-0.39, 0.29) is 30.1 Å². The Bertz CT molecular complexity index is 1250. The fraction of sp³-hybridized carbons (Fsp3) is 0.483. The molecule has 222 valence electrons. The summed E-state index contributed by atoms with van der Waals surface area (Å²) >= 11 is 12.6. The van der Waals surface area contributed by atoms with Crippen molar-refractivity contribution in [2.45, 2.75) is 37.6 Å². The number of oxime groups is 1. The molecule has 1 unspecified atom stereocenters. The van der Waals surface area contributed by atoms with Crippen LogP contribution < -0.4 is 5.32 Å². The highest BCUT2D eigenvalue weighted by Crippen LogP contribution is 2.30. The molecule has 2 aromatic carbocycles. The van der Waals surface area contributed by atoms with Crippen LogP contribution in [0, 0.1) is 11.6 Å². The average molecular weight is 611 g/mol. The molecule has 3 amide bonds. The Hall–Kier alpha value is -2.95. The van der Waals surface area contributed by atoms with Crippen LogP contribution in [-0.2, 0) is 4.84 Å². The highest BCUT2D eigenvalue weighted by molar-refractivity contribution is 6.42. The summed E-state index contributed by atoms with van der Waals surface area (Å²) in [6, 6.07) is 8.35. The summed E-state index contributed by atoms with van der Waals surface area (Å²) in [6.07, 6.45) is 3.40. The normalized spacial score (nSPS) is 17.8. The van der Waals surface area contributed by atoms with Crippen molar-refractivity contribution < 1.29 is 23.2 Å². The van der Waals surface area contributed by atoms with E-state index in [1.807, 2.05) is 11.0 Å². The van der Waals surface area contributed by atoms with Crippen LogP contribution in [0.4, 0.5) is 13.6 Å². The van der Waals surface area contributed by atoms with Crippen molar-refractivity contribution in [2.75, 3.05) is 53.4 Å². The van der Waals surface area contributed by atoms with Crippen molar-refractivity contribution in [3.63, 3.8) is 0 Å². The second kappa shape index (κ2) is 14.3. The number of nitrogens with zero attached hydrogens (tertiary/aromatic N) is 4. The maximum Gasteiger partial charge on any atom is 0.317 e. The van der Waals surface area contributed by atoms with Crippen LogP contribution in [-0.4, -0.2) is 91.8 Å². The molecule has 2 saturated heterocycles. The molecule has 2 aliphatic heterocycles. The maximum atomic E-state index is 13.8. The van der Waals surface area contributed by atoms with Gasteiger partial charge in [0.25, 0.3) is 5.91 Å². The molecule has 12 heteroatoms. The van der Waals surface area contributed by atoms with Gasteiger partial charge in [0.15, 0.2) is 0 Å². The third-order valence-corrected chi connectivity index (χ3v) is 8.40. The predicted octanol–water partition coefficient (Wildman–Crippen LogP) is 5.40. The van der Waals surface area contributed by atoms with Crippen molar-refractivity contribution in [2.24, 2.45) is 5.16 Å². The minimum Gasteiger partial charge on any atom is -0.399 e. The molecular weight excluding hydrogens is 575 g/mol. The molecular formula is C29H35Cl2F2N5O3. The molecule has 2 aromatic rings. The summed E-state index contributed by atoms with van der Waals surface area (Å²) in [7, 11) is 2.97. The zero-order valence-corrected chi connectivity index (χ0v) is 24.7. The maximum absolute atomic E-state index is 13.8. The average Bonchev–Trinajstić information content (AvgIpc) is 2.94. The largest absolute Gasteiger partial charge is 0.399 e. The third-order valence-electron chi connectivity index (χ3n) is 7.66. The SMILES string of the molecule is CO/N=C(\CN(C)C(=O)c1cc(F)cc(F)c1)C(CCN1CCC(N2CCCNC2=O)CC1)c1ccc(Cl)c(Cl)c1. The van der Waals surface area contributed by atoms with Gasteiger partial charge >= 0.3 is 6.03 Å². The van der Waals surface area contributed by atoms with E-state index in [1.54, 1.807) is 19.2 Å². The van der Waals surface area contributed by atoms with E-state index in [4.69, 9.17) is 28.0 Å². The molecule has 8 nitrogen and oxygen atoms in total. The van der Waals surface area contributed by atoms with Crippen LogP contribution >= 0.6 is 23.2 Å². The van der Waals surface area contributed by atoms with Crippen LogP contribution in [0.15, 0.2) is 41.6 Å². The molecule has 2 aliphatic rings. The molecule has 41 heavy (non-hydrogen) atoms. The first-order valence-corrected chi connectivity index (χ1v) is 14.4. The lowest BCUT2D eigenvalue weighted by molar-refractivity contribution is 0.0811. The quantitative estimate of drug-likeness (QED) is 0.289. The van der Waals surface area contributed by atoms with Gasteiger partial charge in [0.05, 0.1) is 22.3 Å². The smallest absolute Gasteiger partial charge is 0.317 e. The summed E-state index contributed by atoms with van der Waals surface area (Å²) in [4.78, 5) is 36.2. The molecule has 1 atom stereocenters. The Balaban J connectivity index is 1.48. The van der Waals surface area contributed by atoms with Gasteiger partial charge in [-0.1, -0.05) is 34.4 Å². The molecule has 0 bridgehead atoms. The third kappa shape index (κ3) is 8.08. The summed E-state index contributed by atoms with van der Waals surface area (Å²) in [6.45, 7) is 4.02. The fourth-order valence-corrected chi connectivity index (χ4v) is 5.86. The molecule has 0 spiro atoms. The summed E-state index contributed by atoms with van der Waals surface area (Å²) < 4.78 is 27.6. The number of urea groups is 1. The minimum atomic E-state index is -0.828. The van der Waals surface area contributed by atoms with Gasteiger partial charge in [0, 0.05) is 56.8 Å². The second-order valence-electron chi connectivity index (χ2n) is 10.5. The Labute approximate surface area is 249 Å². The first-order chi connectivity index (χ1) is 19.7. The van der Waals surface area contributed by atoms with Crippen LogP contribution in [0.25, 0.3) is 0 Å². The van der Waals surface area contributed by atoms with Crippen molar-refractivity contribution in [1.82, 2.24) is 20.0 Å². The standard InChI is InChI=1S/C29H35Cl2F2N5O3/c1-36(28(39)20-14-21(32)17-22(33)15-20)18-27(35-41-2)24(19-4-5-25(30)26(31)16-19)8-13-37-11-6-23(7-12-37)38-10-3-9-34-29(38)40/h4-5,14-17,23-24H,3,6-13,18H2,1-2H3,(H,34,40)/b35-27+. The topological polar surface area (TPSA) is 77.5 Å². The van der Waals surface area contributed by atoms with E-state index in [0.717, 1.165) is 75.7 Å². The van der Waals surface area contributed by atoms with E-state index < -0.39 is 17.5 Å². The predicted molar refractivity (Wildman–Crippen MR) is 156 cm³/mol. The van der Waals surface area contributed by atoms with Gasteiger partial charge in [-0.2, -0.15) is 0 Å². The fourth-order valence-electron chi connectivity index (χ4n) is 5.55. The van der Waals surface area contributed by atoms with Crippen LogP contribution in [0.2, 0.25) is 10.0 Å². The highest BCUT2D eigenvalue weighted by Gasteiger charge is 2.30. The van der Waals surface area contributed by atoms with Crippen LogP contribution in [0.5, 0.6) is 0 Å². The Morgan fingerprint density at radius 1 is 1.12 bits per heavy atom. The monoisotopic (exact) mass is 609 g/mol. The first-order valence-electron chi connectivity index (χ1n) is 13.7. The summed E-state index contributed by atoms with van der Waals surface area (Å²) in [5, 5.41) is 8.03. The number of hydrogen-bond donors (Lipinski definition) is 1. The second-order valence-corrected chi connectivity index (χ2v) is 11.3. The van der Waals surface area contributed by atoms with Gasteiger partial charge in [0.1, 0.15) is 18.7 Å². The first kappa shape index (κ1) is 31.0. The molecule has 1 N–H and O–H groups in total. The zero-order chi connectivity index (χ0) is 29.5. The van der Waals surface area contributed by atoms with Crippen molar-refractivity contribution in [1.29, 1.82) is 0 Å². The minimum absolute atomic E-state index is 0.0226. The van der Waals surface area contributed by atoms with Gasteiger partial charge in [-0.3, -0.25) is 4.79 Å². The number of likely N-dealkylation sites (tertiary alicyclic amines) is 1. The number of piperidine rings is 1. The zero-order valence-electron chi connectivity index (χ0n) is 23.2. The van der Waals surface area contributed by atoms with Crippen LogP contribution in [0.3, 0.4) is 0 Å². The van der Waals surface area contributed by atoms with E-state index in [9.17, 15) is 18.4 Å². The van der Waals surface area contributed by atoms with Crippen molar-refractivity contribution in [3.8, 4) is 0 Å². The summed E-state index contributed by atoms with van der Waals surface area (Å²) in [5.41, 5.74) is 1.31. The van der Waals surface area contributed by atoms with Crippen molar-refractivity contribution in [3.05, 3.63) is 69.2 Å². The Kier molecular flexibility index (Phi) is 10.8. The number of carbonyl (C=O) groups is 2. The van der Waals surface area contributed by atoms with E-state index in [1.165, 1.54) is 12.0 Å². The van der Waals surface area contributed by atoms with E-state index in [2.05, 4.69) is 15.4 Å². The van der Waals surface area contributed by atoms with Gasteiger partial charge in [-0.15, -0.1) is 0 Å². The number of benzene rings is 2. The lowest BCUT2D eigenvalue weighted by Crippen LogP contribution is -2.54. The Morgan fingerprint density at radius 3 is 2.46 bits per heavy atom. The molecule has 0 aromatic heterocycles. The number of nitrogens with one attached hydrogen (secondary N) is 1. The molecule has 2 fully saturated rings. The highest BCUT2D eigenvalue weighted by atomic mass is 35.5. The summed E-state index contributed by atoms with van der Waals surface area (Å²) in [5.74, 6) is -2.49. The van der Waals surface area contributed by atoms with E-state index in [0.29, 0.717) is 22.2 Å². The lowest BCUT2D eigenvalue weighted by Gasteiger charge is -2.40. The number of hydrogen-bond acceptors (Lipinski definition) is 5. The number of amides is 3. The molecule has 0 saturated carbocycles. The van der Waals surface area contributed by atoms with E-state index >= 15 is 0 Å². The van der Waals surface area contributed by atoms with Gasteiger partial charge < -0.3 is 24.9 Å². The van der Waals surface area contributed by atoms with Crippen LogP contribution in [0.1, 0.15) is 47.5 Å². The van der Waals surface area contributed by atoms with Gasteiger partial charge in [-0.25, -0.2) is 13.6 Å². The Morgan fingerprint density at radius 2 is 1.83 bits per heavy atom.